The molecule has 0 amide bonds. The lowest BCUT2D eigenvalue weighted by molar-refractivity contribution is 0.111. The van der Waals surface area contributed by atoms with E-state index in [-0.39, 0.29) is 11.9 Å². The van der Waals surface area contributed by atoms with Crippen LogP contribution in [0, 0.1) is 0 Å². The summed E-state index contributed by atoms with van der Waals surface area (Å²) in [4.78, 5) is 22.6. The van der Waals surface area contributed by atoms with Gasteiger partial charge in [0.1, 0.15) is 11.9 Å². The summed E-state index contributed by atoms with van der Waals surface area (Å²) < 4.78 is 6.35. The topological polar surface area (TPSA) is 67.4 Å². The molecule has 0 bridgehead atoms. The molecule has 0 spiro atoms. The lowest BCUT2D eigenvalue weighted by Gasteiger charge is -2.33. The highest BCUT2D eigenvalue weighted by Gasteiger charge is 2.29. The maximum Gasteiger partial charge on any atom is 0.223 e. The second-order valence-electron chi connectivity index (χ2n) is 7.26. The van der Waals surface area contributed by atoms with Crippen LogP contribution >= 0.6 is 0 Å². The molecule has 1 aromatic heterocycles. The van der Waals surface area contributed by atoms with Crippen molar-refractivity contribution in [2.45, 2.75) is 18.9 Å². The minimum absolute atomic E-state index is 0.0797. The molecule has 1 unspecified atom stereocenters. The molecule has 1 atom stereocenters. The highest BCUT2D eigenvalue weighted by Crippen LogP contribution is 2.39. The first-order valence-corrected chi connectivity index (χ1v) is 9.79. The summed E-state index contributed by atoms with van der Waals surface area (Å²) in [7, 11) is 0. The molecule has 1 saturated heterocycles. The molecule has 5 rings (SSSR count). The van der Waals surface area contributed by atoms with Crippen molar-refractivity contribution >= 4 is 22.9 Å². The van der Waals surface area contributed by atoms with Gasteiger partial charge in [0.25, 0.3) is 0 Å². The third kappa shape index (κ3) is 2.99. The Kier molecular flexibility index (Phi) is 4.41. The molecule has 0 aliphatic carbocycles. The van der Waals surface area contributed by atoms with Gasteiger partial charge in [-0.1, -0.05) is 42.5 Å². The number of benzene rings is 2. The van der Waals surface area contributed by atoms with Crippen molar-refractivity contribution in [3.63, 3.8) is 0 Å². The molecule has 28 heavy (non-hydrogen) atoms. The van der Waals surface area contributed by atoms with Crippen molar-refractivity contribution in [3.05, 3.63) is 59.4 Å². The van der Waals surface area contributed by atoms with E-state index in [0.717, 1.165) is 50.4 Å². The van der Waals surface area contributed by atoms with Gasteiger partial charge in [0.15, 0.2) is 12.1 Å². The van der Waals surface area contributed by atoms with Gasteiger partial charge in [-0.25, -0.2) is 4.98 Å². The first kappa shape index (κ1) is 17.1. The number of hydrogen-bond acceptors (Lipinski definition) is 6. The lowest BCUT2D eigenvalue weighted by Crippen LogP contribution is -2.44. The van der Waals surface area contributed by atoms with Crippen LogP contribution in [0.5, 0.6) is 5.88 Å². The van der Waals surface area contributed by atoms with Crippen molar-refractivity contribution in [1.29, 1.82) is 0 Å². The minimum Gasteiger partial charge on any atom is -0.469 e. The van der Waals surface area contributed by atoms with Crippen molar-refractivity contribution in [1.82, 2.24) is 15.3 Å². The van der Waals surface area contributed by atoms with Crippen molar-refractivity contribution in [2.24, 2.45) is 0 Å². The van der Waals surface area contributed by atoms with E-state index < -0.39 is 0 Å². The Morgan fingerprint density at radius 3 is 2.75 bits per heavy atom. The van der Waals surface area contributed by atoms with E-state index >= 15 is 0 Å². The van der Waals surface area contributed by atoms with Gasteiger partial charge in [-0.05, 0) is 23.6 Å². The number of fused-ring (bicyclic) bond motifs is 2. The van der Waals surface area contributed by atoms with Gasteiger partial charge in [-0.3, -0.25) is 4.79 Å². The number of rotatable bonds is 3. The first-order valence-electron chi connectivity index (χ1n) is 9.79. The molecular formula is C22H22N4O2. The molecule has 1 N–H and O–H groups in total. The van der Waals surface area contributed by atoms with Gasteiger partial charge in [0.2, 0.25) is 5.88 Å². The van der Waals surface area contributed by atoms with E-state index in [1.54, 1.807) is 0 Å². The fraction of sp³-hybridized carbons (Fsp3) is 0.318. The molecule has 2 aromatic carbocycles. The van der Waals surface area contributed by atoms with E-state index in [0.29, 0.717) is 12.2 Å². The Morgan fingerprint density at radius 2 is 1.89 bits per heavy atom. The third-order valence-corrected chi connectivity index (χ3v) is 5.57. The zero-order valence-electron chi connectivity index (χ0n) is 15.6. The smallest absolute Gasteiger partial charge is 0.223 e. The number of hydrogen-bond donors (Lipinski definition) is 1. The number of piperazine rings is 1. The van der Waals surface area contributed by atoms with Gasteiger partial charge in [-0.2, -0.15) is 4.98 Å². The summed E-state index contributed by atoms with van der Waals surface area (Å²) in [5.74, 6) is 1.59. The molecular weight excluding hydrogens is 352 g/mol. The van der Waals surface area contributed by atoms with Gasteiger partial charge < -0.3 is 15.0 Å². The summed E-state index contributed by atoms with van der Waals surface area (Å²) in [6.07, 6.45) is 2.33. The predicted octanol–water partition coefficient (Wildman–Crippen LogP) is 2.92. The molecule has 6 heteroatoms. The number of aldehydes is 1. The van der Waals surface area contributed by atoms with Gasteiger partial charge >= 0.3 is 0 Å². The predicted molar refractivity (Wildman–Crippen MR) is 108 cm³/mol. The van der Waals surface area contributed by atoms with E-state index in [9.17, 15) is 4.79 Å². The van der Waals surface area contributed by atoms with Crippen LogP contribution in [0.4, 0.5) is 5.82 Å². The Balaban J connectivity index is 1.54. The van der Waals surface area contributed by atoms with Crippen LogP contribution in [0.3, 0.4) is 0 Å². The number of carbonyl (C=O) groups excluding carboxylic acids is 1. The number of aromatic nitrogens is 2. The fourth-order valence-corrected chi connectivity index (χ4v) is 4.19. The number of anilines is 1. The Bertz CT molecular complexity index is 1020. The maximum absolute atomic E-state index is 11.4. The molecule has 1 fully saturated rings. The summed E-state index contributed by atoms with van der Waals surface area (Å²) in [5, 5.41) is 5.75. The van der Waals surface area contributed by atoms with E-state index in [1.807, 2.05) is 6.07 Å². The van der Waals surface area contributed by atoms with E-state index in [4.69, 9.17) is 4.74 Å². The fourth-order valence-electron chi connectivity index (χ4n) is 4.19. The van der Waals surface area contributed by atoms with Crippen molar-refractivity contribution in [2.75, 3.05) is 31.1 Å². The summed E-state index contributed by atoms with van der Waals surface area (Å²) >= 11 is 0. The monoisotopic (exact) mass is 374 g/mol. The van der Waals surface area contributed by atoms with Crippen LogP contribution in [-0.4, -0.2) is 42.4 Å². The minimum atomic E-state index is -0.0797. The zero-order chi connectivity index (χ0) is 18.9. The average molecular weight is 374 g/mol. The van der Waals surface area contributed by atoms with Crippen LogP contribution in [0.15, 0.2) is 42.5 Å². The van der Waals surface area contributed by atoms with Crippen LogP contribution < -0.4 is 15.0 Å². The van der Waals surface area contributed by atoms with Gasteiger partial charge in [-0.15, -0.1) is 0 Å². The molecule has 142 valence electrons. The number of carbonyl (C=O) groups is 1. The number of ether oxygens (including phenoxy) is 1. The second kappa shape index (κ2) is 7.20. The maximum atomic E-state index is 11.4. The first-order chi connectivity index (χ1) is 13.8. The number of nitrogens with zero attached hydrogens (tertiary/aromatic N) is 3. The Morgan fingerprint density at radius 1 is 1.07 bits per heavy atom. The molecule has 6 nitrogen and oxygen atoms in total. The van der Waals surface area contributed by atoms with E-state index in [2.05, 4.69) is 56.6 Å². The molecule has 3 heterocycles. The van der Waals surface area contributed by atoms with Crippen molar-refractivity contribution < 1.29 is 9.53 Å². The number of nitrogens with one attached hydrogen (secondary N) is 1. The van der Waals surface area contributed by atoms with Gasteiger partial charge in [0.05, 0.1) is 5.56 Å². The summed E-state index contributed by atoms with van der Waals surface area (Å²) in [6, 6.07) is 14.7. The summed E-state index contributed by atoms with van der Waals surface area (Å²) in [6.45, 7) is 3.56. The molecule has 3 aromatic rings. The second-order valence-corrected chi connectivity index (χ2v) is 7.26. The van der Waals surface area contributed by atoms with E-state index in [1.165, 1.54) is 16.3 Å². The van der Waals surface area contributed by atoms with Crippen molar-refractivity contribution in [3.8, 4) is 5.88 Å². The SMILES string of the molecule is O=Cc1nc2c(c(N3CCNCC3)n1)CCC(c1cccc3ccccc13)O2. The van der Waals surface area contributed by atoms with Crippen LogP contribution in [0.1, 0.15) is 34.3 Å². The van der Waals surface area contributed by atoms with Crippen LogP contribution in [0.25, 0.3) is 10.8 Å². The normalized spacial score (nSPS) is 19.1. The third-order valence-electron chi connectivity index (χ3n) is 5.57. The molecule has 2 aliphatic rings. The summed E-state index contributed by atoms with van der Waals surface area (Å²) in [5.41, 5.74) is 2.18. The Labute approximate surface area is 163 Å². The van der Waals surface area contributed by atoms with Crippen LogP contribution in [-0.2, 0) is 6.42 Å². The quantitative estimate of drug-likeness (QED) is 0.711. The highest BCUT2D eigenvalue weighted by molar-refractivity contribution is 5.86. The standard InChI is InChI=1S/C22H22N4O2/c27-14-20-24-21(26-12-10-23-11-13-26)18-8-9-19(28-22(18)25-20)17-7-3-5-15-4-1-2-6-16(15)17/h1-7,14,19,23H,8-13H2. The van der Waals surface area contributed by atoms with Crippen LogP contribution in [0.2, 0.25) is 0 Å². The highest BCUT2D eigenvalue weighted by atomic mass is 16.5. The van der Waals surface area contributed by atoms with Gasteiger partial charge in [0, 0.05) is 31.7 Å². The zero-order valence-corrected chi connectivity index (χ0v) is 15.6. The Hall–Kier alpha value is -2.99. The molecule has 0 saturated carbocycles. The molecule has 2 aliphatic heterocycles. The largest absolute Gasteiger partial charge is 0.469 e. The average Bonchev–Trinajstić information content (AvgIpc) is 2.78. The molecule has 0 radical (unpaired) electrons. The lowest BCUT2D eigenvalue weighted by atomic mass is 9.94.